The van der Waals surface area contributed by atoms with Gasteiger partial charge in [0.25, 0.3) is 0 Å². The molecule has 0 aromatic rings. The molecule has 1 rings (SSSR count). The van der Waals surface area contributed by atoms with Gasteiger partial charge in [0.1, 0.15) is 16.1 Å². The number of nitrogens with zero attached hydrogens (tertiary/aromatic N) is 1. The van der Waals surface area contributed by atoms with E-state index < -0.39 is 39.3 Å². The number of halogens is 1. The molecule has 0 bridgehead atoms. The standard InChI is InChI=1S/C12H17ClN2O5S/c1-4-5-7(16)14-8-10(17)15(11(8)21(13)20)9(6(2)3)12(18)19/h8-9,11H,2,4-5H2,1,3H3,(H,14,16)(H,18,19). The van der Waals surface area contributed by atoms with Crippen LogP contribution in [0, 0.1) is 0 Å². The molecular weight excluding hydrogens is 320 g/mol. The van der Waals surface area contributed by atoms with Gasteiger partial charge >= 0.3 is 5.97 Å². The Morgan fingerprint density at radius 3 is 2.52 bits per heavy atom. The van der Waals surface area contributed by atoms with Gasteiger partial charge < -0.3 is 15.3 Å². The molecule has 21 heavy (non-hydrogen) atoms. The van der Waals surface area contributed by atoms with Crippen LogP contribution in [0.2, 0.25) is 0 Å². The van der Waals surface area contributed by atoms with Crippen molar-refractivity contribution >= 4 is 38.5 Å². The van der Waals surface area contributed by atoms with Gasteiger partial charge in [-0.15, -0.1) is 0 Å². The molecule has 0 aliphatic carbocycles. The van der Waals surface area contributed by atoms with Gasteiger partial charge in [-0.2, -0.15) is 0 Å². The molecule has 2 N–H and O–H groups in total. The number of hydrogen-bond donors (Lipinski definition) is 2. The second kappa shape index (κ2) is 7.04. The van der Waals surface area contributed by atoms with Gasteiger partial charge in [-0.05, 0) is 29.6 Å². The molecule has 0 radical (unpaired) electrons. The number of carbonyl (C=O) groups excluding carboxylic acids is 2. The monoisotopic (exact) mass is 336 g/mol. The lowest BCUT2D eigenvalue weighted by atomic mass is 9.99. The van der Waals surface area contributed by atoms with Gasteiger partial charge in [0.15, 0.2) is 11.4 Å². The molecule has 118 valence electrons. The summed E-state index contributed by atoms with van der Waals surface area (Å²) >= 11 is 0. The van der Waals surface area contributed by atoms with Crippen molar-refractivity contribution in [3.8, 4) is 0 Å². The highest BCUT2D eigenvalue weighted by Gasteiger charge is 2.55. The number of nitrogens with one attached hydrogen (secondary N) is 1. The van der Waals surface area contributed by atoms with Gasteiger partial charge in [0, 0.05) is 6.42 Å². The molecule has 9 heteroatoms. The Balaban J connectivity index is 2.97. The highest BCUT2D eigenvalue weighted by Crippen LogP contribution is 2.30. The summed E-state index contributed by atoms with van der Waals surface area (Å²) in [5.41, 5.74) is 0.210. The van der Waals surface area contributed by atoms with Gasteiger partial charge in [-0.25, -0.2) is 9.00 Å². The van der Waals surface area contributed by atoms with Gasteiger partial charge in [-0.3, -0.25) is 9.59 Å². The molecule has 1 aliphatic rings. The minimum absolute atomic E-state index is 0.210. The number of likely N-dealkylation sites (tertiary alicyclic amines) is 1. The third kappa shape index (κ3) is 3.62. The molecule has 1 saturated heterocycles. The quantitative estimate of drug-likeness (QED) is 0.397. The fourth-order valence-corrected chi connectivity index (χ4v) is 3.50. The van der Waals surface area contributed by atoms with Crippen LogP contribution in [0.3, 0.4) is 0 Å². The summed E-state index contributed by atoms with van der Waals surface area (Å²) in [6.07, 6.45) is 0.808. The van der Waals surface area contributed by atoms with E-state index in [9.17, 15) is 18.6 Å². The second-order valence-corrected chi connectivity index (χ2v) is 6.66. The van der Waals surface area contributed by atoms with Crippen molar-refractivity contribution in [1.29, 1.82) is 0 Å². The maximum absolute atomic E-state index is 12.1. The predicted molar refractivity (Wildman–Crippen MR) is 77.7 cm³/mol. The van der Waals surface area contributed by atoms with E-state index in [1.54, 1.807) is 6.92 Å². The number of carbonyl (C=O) groups is 3. The Morgan fingerprint density at radius 2 is 2.14 bits per heavy atom. The number of rotatable bonds is 7. The van der Waals surface area contributed by atoms with Crippen LogP contribution in [-0.4, -0.2) is 49.5 Å². The predicted octanol–water partition coefficient (Wildman–Crippen LogP) is 0.371. The highest BCUT2D eigenvalue weighted by molar-refractivity contribution is 8.08. The lowest BCUT2D eigenvalue weighted by molar-refractivity contribution is -0.160. The average molecular weight is 337 g/mol. The zero-order chi connectivity index (χ0) is 16.3. The first-order chi connectivity index (χ1) is 9.72. The number of aliphatic carboxylic acids is 1. The van der Waals surface area contributed by atoms with Crippen LogP contribution in [0.4, 0.5) is 0 Å². The largest absolute Gasteiger partial charge is 0.479 e. The van der Waals surface area contributed by atoms with E-state index in [4.69, 9.17) is 15.8 Å². The summed E-state index contributed by atoms with van der Waals surface area (Å²) in [7, 11) is 3.53. The minimum Gasteiger partial charge on any atom is -0.479 e. The SMILES string of the molecule is C=C(C)C(C(=O)O)N1C(=O)C(NC(=O)CCC)C1S(=O)Cl. The topological polar surface area (TPSA) is 104 Å². The third-order valence-corrected chi connectivity index (χ3v) is 4.47. The van der Waals surface area contributed by atoms with Crippen molar-refractivity contribution in [3.63, 3.8) is 0 Å². The summed E-state index contributed by atoms with van der Waals surface area (Å²) in [6, 6.07) is -2.38. The van der Waals surface area contributed by atoms with Crippen LogP contribution < -0.4 is 5.32 Å². The van der Waals surface area contributed by atoms with Crippen molar-refractivity contribution in [2.24, 2.45) is 0 Å². The van der Waals surface area contributed by atoms with Crippen molar-refractivity contribution in [2.45, 2.75) is 44.1 Å². The normalized spacial score (nSPS) is 24.0. The Hall–Kier alpha value is -1.41. The summed E-state index contributed by atoms with van der Waals surface area (Å²) in [6.45, 7) is 6.77. The molecule has 4 unspecified atom stereocenters. The summed E-state index contributed by atoms with van der Waals surface area (Å²) in [5.74, 6) is -2.29. The molecule has 0 spiro atoms. The fourth-order valence-electron chi connectivity index (χ4n) is 2.13. The molecule has 0 aromatic carbocycles. The van der Waals surface area contributed by atoms with Crippen LogP contribution in [0.1, 0.15) is 26.7 Å². The Morgan fingerprint density at radius 1 is 1.57 bits per heavy atom. The fraction of sp³-hybridized carbons (Fsp3) is 0.583. The number of carboxylic acids is 1. The Kier molecular flexibility index (Phi) is 5.91. The van der Waals surface area contributed by atoms with E-state index in [0.717, 1.165) is 4.90 Å². The van der Waals surface area contributed by atoms with Crippen molar-refractivity contribution in [1.82, 2.24) is 10.2 Å². The van der Waals surface area contributed by atoms with Crippen molar-refractivity contribution in [2.75, 3.05) is 0 Å². The molecule has 4 atom stereocenters. The van der Waals surface area contributed by atoms with Crippen LogP contribution in [0.15, 0.2) is 12.2 Å². The van der Waals surface area contributed by atoms with Crippen LogP contribution in [0.25, 0.3) is 0 Å². The molecule has 1 aliphatic heterocycles. The molecule has 1 fully saturated rings. The maximum atomic E-state index is 12.1. The minimum atomic E-state index is -2.02. The maximum Gasteiger partial charge on any atom is 0.330 e. The van der Waals surface area contributed by atoms with E-state index in [2.05, 4.69) is 11.9 Å². The number of β-lactam (4-membered cyclic amide) rings is 1. The van der Waals surface area contributed by atoms with E-state index in [-0.39, 0.29) is 17.9 Å². The first kappa shape index (κ1) is 17.6. The van der Waals surface area contributed by atoms with Crippen LogP contribution in [-0.2, 0) is 24.4 Å². The van der Waals surface area contributed by atoms with E-state index in [1.165, 1.54) is 6.92 Å². The summed E-state index contributed by atoms with van der Waals surface area (Å²) in [4.78, 5) is 35.8. The molecule has 0 aromatic heterocycles. The summed E-state index contributed by atoms with van der Waals surface area (Å²) in [5, 5.41) is 10.5. The van der Waals surface area contributed by atoms with E-state index >= 15 is 0 Å². The highest BCUT2D eigenvalue weighted by atomic mass is 35.7. The van der Waals surface area contributed by atoms with Crippen molar-refractivity contribution < 1.29 is 23.7 Å². The lowest BCUT2D eigenvalue weighted by Crippen LogP contribution is -2.74. The molecule has 7 nitrogen and oxygen atoms in total. The summed E-state index contributed by atoms with van der Waals surface area (Å²) < 4.78 is 11.6. The molecular formula is C12H17ClN2O5S. The zero-order valence-electron chi connectivity index (χ0n) is 11.7. The molecule has 2 amide bonds. The van der Waals surface area contributed by atoms with Gasteiger partial charge in [0.2, 0.25) is 11.8 Å². The third-order valence-electron chi connectivity index (χ3n) is 3.04. The number of carboxylic acid groups (broad SMARTS) is 1. The molecule has 1 heterocycles. The number of amides is 2. The van der Waals surface area contributed by atoms with E-state index in [0.29, 0.717) is 6.42 Å². The van der Waals surface area contributed by atoms with Crippen LogP contribution >= 0.6 is 10.7 Å². The van der Waals surface area contributed by atoms with Gasteiger partial charge in [0.05, 0.1) is 0 Å². The first-order valence-corrected chi connectivity index (χ1v) is 8.32. The van der Waals surface area contributed by atoms with Gasteiger partial charge in [-0.1, -0.05) is 13.5 Å². The number of hydrogen-bond acceptors (Lipinski definition) is 4. The Labute approximate surface area is 129 Å². The zero-order valence-corrected chi connectivity index (χ0v) is 13.2. The van der Waals surface area contributed by atoms with Crippen LogP contribution in [0.5, 0.6) is 0 Å². The average Bonchev–Trinajstić information content (AvgIpc) is 2.35. The smallest absolute Gasteiger partial charge is 0.330 e. The van der Waals surface area contributed by atoms with E-state index in [1.807, 2.05) is 0 Å². The Bertz CT molecular complexity index is 496. The second-order valence-electron chi connectivity index (χ2n) is 4.77. The first-order valence-electron chi connectivity index (χ1n) is 6.28. The van der Waals surface area contributed by atoms with Crippen molar-refractivity contribution in [3.05, 3.63) is 12.2 Å². The molecule has 0 saturated carbocycles. The lowest BCUT2D eigenvalue weighted by Gasteiger charge is -2.47.